The first-order chi connectivity index (χ1) is 12.9. The second-order valence-electron chi connectivity index (χ2n) is 6.73. The number of aromatic nitrogens is 3. The first kappa shape index (κ1) is 19.0. The second-order valence-corrected chi connectivity index (χ2v) is 6.73. The molecule has 0 bridgehead atoms. The molecule has 2 aromatic rings. The van der Waals surface area contributed by atoms with E-state index in [9.17, 15) is 9.59 Å². The topological polar surface area (TPSA) is 91.4 Å². The van der Waals surface area contributed by atoms with Crippen LogP contribution in [-0.2, 0) is 4.74 Å². The van der Waals surface area contributed by atoms with Crippen LogP contribution in [-0.4, -0.2) is 70.9 Å². The highest BCUT2D eigenvalue weighted by Crippen LogP contribution is 2.22. The zero-order valence-corrected chi connectivity index (χ0v) is 16.2. The van der Waals surface area contributed by atoms with Crippen molar-refractivity contribution >= 4 is 17.7 Å². The summed E-state index contributed by atoms with van der Waals surface area (Å²) < 4.78 is 4.82. The Balaban J connectivity index is 1.69. The van der Waals surface area contributed by atoms with Crippen molar-refractivity contribution in [2.24, 2.45) is 0 Å². The molecule has 2 aromatic heterocycles. The van der Waals surface area contributed by atoms with Gasteiger partial charge in [-0.15, -0.1) is 0 Å². The van der Waals surface area contributed by atoms with E-state index in [0.29, 0.717) is 22.5 Å². The van der Waals surface area contributed by atoms with Crippen molar-refractivity contribution in [3.63, 3.8) is 0 Å². The van der Waals surface area contributed by atoms with Crippen molar-refractivity contribution < 1.29 is 14.3 Å². The smallest absolute Gasteiger partial charge is 0.339 e. The van der Waals surface area contributed by atoms with Gasteiger partial charge in [-0.05, 0) is 32.4 Å². The van der Waals surface area contributed by atoms with Gasteiger partial charge in [-0.25, -0.2) is 14.8 Å². The van der Waals surface area contributed by atoms with Crippen molar-refractivity contribution in [2.75, 3.05) is 38.2 Å². The molecule has 144 valence electrons. The number of ether oxygens (including phenoxy) is 1. The largest absolute Gasteiger partial charge is 0.465 e. The van der Waals surface area contributed by atoms with Crippen LogP contribution in [0.2, 0.25) is 0 Å². The maximum absolute atomic E-state index is 13.0. The number of rotatable bonds is 5. The third kappa shape index (κ3) is 3.71. The Morgan fingerprint density at radius 3 is 2.37 bits per heavy atom. The summed E-state index contributed by atoms with van der Waals surface area (Å²) in [5.41, 5.74) is 2.22. The summed E-state index contributed by atoms with van der Waals surface area (Å²) in [6.07, 6.45) is 3.46. The Bertz CT molecular complexity index is 825. The minimum Gasteiger partial charge on any atom is -0.465 e. The number of aromatic amines is 1. The number of Topliss-reactive ketones (excluding diaryl/α,β-unsaturated/α-hetero) is 1. The van der Waals surface area contributed by atoms with Crippen molar-refractivity contribution in [3.8, 4) is 0 Å². The normalized spacial score (nSPS) is 16.2. The molecular formula is C19H25N5O3. The lowest BCUT2D eigenvalue weighted by atomic mass is 10.0. The molecule has 0 saturated carbocycles. The zero-order valence-electron chi connectivity index (χ0n) is 16.2. The number of nitrogens with one attached hydrogen (secondary N) is 1. The molecule has 0 amide bonds. The van der Waals surface area contributed by atoms with E-state index in [1.165, 1.54) is 7.11 Å². The second kappa shape index (κ2) is 7.87. The number of hydrogen-bond donors (Lipinski definition) is 1. The minimum atomic E-state index is -0.426. The van der Waals surface area contributed by atoms with Crippen LogP contribution in [0.3, 0.4) is 0 Å². The van der Waals surface area contributed by atoms with Crippen LogP contribution >= 0.6 is 0 Å². The van der Waals surface area contributed by atoms with Crippen LogP contribution in [0.5, 0.6) is 0 Å². The Morgan fingerprint density at radius 1 is 1.15 bits per heavy atom. The lowest BCUT2D eigenvalue weighted by molar-refractivity contribution is 0.0599. The van der Waals surface area contributed by atoms with Crippen molar-refractivity contribution in [1.29, 1.82) is 0 Å². The molecule has 1 atom stereocenters. The number of nitrogens with zero attached hydrogens (tertiary/aromatic N) is 4. The minimum absolute atomic E-state index is 0.0184. The lowest BCUT2D eigenvalue weighted by Gasteiger charge is -2.37. The van der Waals surface area contributed by atoms with E-state index in [-0.39, 0.29) is 11.8 Å². The van der Waals surface area contributed by atoms with Gasteiger partial charge in [0.25, 0.3) is 0 Å². The molecule has 1 fully saturated rings. The Morgan fingerprint density at radius 2 is 1.78 bits per heavy atom. The molecule has 1 aliphatic heterocycles. The third-order valence-corrected chi connectivity index (χ3v) is 5.15. The molecule has 1 unspecified atom stereocenters. The fraction of sp³-hybridized carbons (Fsp3) is 0.474. The zero-order chi connectivity index (χ0) is 19.6. The van der Waals surface area contributed by atoms with Crippen molar-refractivity contribution in [2.45, 2.75) is 26.8 Å². The standard InChI is InChI=1S/C19H25N5O3/c1-12-15(18(26)27-4)13(2)22-16(12)17(25)14(3)23-8-10-24(11-9-23)19-20-6-5-7-21-19/h5-7,14,22H,8-11H2,1-4H3. The molecule has 1 N–H and O–H groups in total. The molecule has 3 heterocycles. The summed E-state index contributed by atoms with van der Waals surface area (Å²) in [7, 11) is 1.34. The Hall–Kier alpha value is -2.74. The molecule has 0 radical (unpaired) electrons. The van der Waals surface area contributed by atoms with Crippen molar-refractivity contribution in [3.05, 3.63) is 41.0 Å². The SMILES string of the molecule is COC(=O)c1c(C)[nH]c(C(=O)C(C)N2CCN(c3ncccn3)CC2)c1C. The predicted molar refractivity (Wildman–Crippen MR) is 101 cm³/mol. The van der Waals surface area contributed by atoms with Gasteiger partial charge in [-0.3, -0.25) is 9.69 Å². The van der Waals surface area contributed by atoms with E-state index >= 15 is 0 Å². The summed E-state index contributed by atoms with van der Waals surface area (Å²) >= 11 is 0. The van der Waals surface area contributed by atoms with Gasteiger partial charge in [0.15, 0.2) is 5.78 Å². The number of ketones is 1. The number of hydrogen-bond acceptors (Lipinski definition) is 7. The predicted octanol–water partition coefficient (Wildman–Crippen LogP) is 1.60. The van der Waals surface area contributed by atoms with Gasteiger partial charge in [0.2, 0.25) is 5.95 Å². The highest BCUT2D eigenvalue weighted by molar-refractivity contribution is 6.03. The van der Waals surface area contributed by atoms with Crippen LogP contribution in [0.25, 0.3) is 0 Å². The van der Waals surface area contributed by atoms with Crippen LogP contribution in [0, 0.1) is 13.8 Å². The van der Waals surface area contributed by atoms with Gasteiger partial charge in [0.1, 0.15) is 0 Å². The monoisotopic (exact) mass is 371 g/mol. The fourth-order valence-electron chi connectivity index (χ4n) is 3.54. The van der Waals surface area contributed by atoms with Crippen LogP contribution in [0.1, 0.15) is 39.0 Å². The number of carbonyl (C=O) groups is 2. The number of anilines is 1. The maximum Gasteiger partial charge on any atom is 0.339 e. The van der Waals surface area contributed by atoms with E-state index in [1.807, 2.05) is 6.92 Å². The fourth-order valence-corrected chi connectivity index (χ4v) is 3.54. The Kier molecular flexibility index (Phi) is 5.55. The number of H-pyrrole nitrogens is 1. The summed E-state index contributed by atoms with van der Waals surface area (Å²) in [6.45, 7) is 8.47. The highest BCUT2D eigenvalue weighted by atomic mass is 16.5. The Labute approximate surface area is 158 Å². The van der Waals surface area contributed by atoms with E-state index in [1.54, 1.807) is 32.3 Å². The third-order valence-electron chi connectivity index (χ3n) is 5.15. The van der Waals surface area contributed by atoms with Crippen LogP contribution < -0.4 is 4.90 Å². The quantitative estimate of drug-likeness (QED) is 0.630. The molecule has 1 saturated heterocycles. The molecule has 0 aliphatic carbocycles. The molecule has 3 rings (SSSR count). The highest BCUT2D eigenvalue weighted by Gasteiger charge is 2.30. The van der Waals surface area contributed by atoms with E-state index < -0.39 is 5.97 Å². The lowest BCUT2D eigenvalue weighted by Crippen LogP contribution is -2.52. The van der Waals surface area contributed by atoms with Gasteiger partial charge in [-0.2, -0.15) is 0 Å². The average Bonchev–Trinajstić information content (AvgIpc) is 3.01. The van der Waals surface area contributed by atoms with E-state index in [2.05, 4.69) is 24.8 Å². The van der Waals surface area contributed by atoms with Gasteiger partial charge in [-0.1, -0.05) is 0 Å². The number of methoxy groups -OCH3 is 1. The number of piperazine rings is 1. The molecule has 27 heavy (non-hydrogen) atoms. The molecule has 0 aromatic carbocycles. The summed E-state index contributed by atoms with van der Waals surface area (Å²) in [4.78, 5) is 40.9. The molecule has 0 spiro atoms. The summed E-state index contributed by atoms with van der Waals surface area (Å²) in [5.74, 6) is 0.272. The number of carbonyl (C=O) groups excluding carboxylic acids is 2. The number of aryl methyl sites for hydroxylation is 1. The first-order valence-corrected chi connectivity index (χ1v) is 9.01. The molecule has 1 aliphatic rings. The first-order valence-electron chi connectivity index (χ1n) is 9.01. The number of esters is 1. The molecule has 8 nitrogen and oxygen atoms in total. The summed E-state index contributed by atoms with van der Waals surface area (Å²) in [6, 6.07) is 1.51. The van der Waals surface area contributed by atoms with Crippen LogP contribution in [0.15, 0.2) is 18.5 Å². The molecular weight excluding hydrogens is 346 g/mol. The summed E-state index contributed by atoms with van der Waals surface area (Å²) in [5, 5.41) is 0. The molecule has 8 heteroatoms. The van der Waals surface area contributed by atoms with Gasteiger partial charge < -0.3 is 14.6 Å². The van der Waals surface area contributed by atoms with Gasteiger partial charge in [0, 0.05) is 44.3 Å². The van der Waals surface area contributed by atoms with Gasteiger partial charge >= 0.3 is 5.97 Å². The van der Waals surface area contributed by atoms with Crippen molar-refractivity contribution in [1.82, 2.24) is 19.9 Å². The van der Waals surface area contributed by atoms with E-state index in [4.69, 9.17) is 4.74 Å². The van der Waals surface area contributed by atoms with E-state index in [0.717, 1.165) is 32.1 Å². The van der Waals surface area contributed by atoms with Gasteiger partial charge in [0.05, 0.1) is 24.4 Å². The maximum atomic E-state index is 13.0. The average molecular weight is 371 g/mol. The van der Waals surface area contributed by atoms with Crippen LogP contribution in [0.4, 0.5) is 5.95 Å².